The van der Waals surface area contributed by atoms with Crippen LogP contribution in [0.5, 0.6) is 0 Å². The summed E-state index contributed by atoms with van der Waals surface area (Å²) in [5, 5.41) is 9.73. The quantitative estimate of drug-likeness (QED) is 0.455. The number of imide groups is 2. The zero-order valence-electron chi connectivity index (χ0n) is 22.6. The highest BCUT2D eigenvalue weighted by atomic mass is 16.4. The smallest absolute Gasteiger partial charge is 0.241 e. The monoisotopic (exact) mass is 542 g/mol. The van der Waals surface area contributed by atoms with E-state index in [9.17, 15) is 24.3 Å². The molecule has 2 aromatic rings. The first-order chi connectivity index (χ1) is 19.4. The van der Waals surface area contributed by atoms with Gasteiger partial charge < -0.3 is 9.52 Å². The number of amides is 4. The van der Waals surface area contributed by atoms with Gasteiger partial charge in [-0.25, -0.2) is 4.90 Å². The Balaban J connectivity index is 1.33. The van der Waals surface area contributed by atoms with E-state index in [2.05, 4.69) is 0 Å². The van der Waals surface area contributed by atoms with Gasteiger partial charge in [-0.15, -0.1) is 0 Å². The molecule has 1 N–H and O–H groups in total. The lowest BCUT2D eigenvalue weighted by molar-refractivity contribution is -0.144. The molecule has 208 valence electrons. The van der Waals surface area contributed by atoms with Crippen LogP contribution in [0, 0.1) is 29.1 Å². The number of aliphatic hydroxyl groups excluding tert-OH is 1. The fourth-order valence-electron chi connectivity index (χ4n) is 8.50. The van der Waals surface area contributed by atoms with Crippen molar-refractivity contribution in [1.82, 2.24) is 4.90 Å². The summed E-state index contributed by atoms with van der Waals surface area (Å²) in [5.74, 6) is -2.48. The van der Waals surface area contributed by atoms with Crippen LogP contribution in [0.2, 0.25) is 0 Å². The standard InChI is InChI=1S/C32H34N2O6/c1-32-24(29(37)34(31(32)39)19-10-6-3-7-11-19)16-23-21(27(32)25-15-12-20(17-35)40-25)13-14-22-26(23)30(38)33(28(22)36)18-8-4-2-5-9-18/h3,6-7,10-13,15,18,22-24,26-27,35H,2,4-5,8-9,14,16-17H2,1H3/t22-,23+,24-,26-,27+,32+/m0/s1. The maximum absolute atomic E-state index is 14.3. The Morgan fingerprint density at radius 3 is 2.38 bits per heavy atom. The Bertz CT molecular complexity index is 1420. The van der Waals surface area contributed by atoms with Crippen molar-refractivity contribution in [2.24, 2.45) is 29.1 Å². The molecule has 8 nitrogen and oxygen atoms in total. The molecule has 0 unspecified atom stereocenters. The van der Waals surface area contributed by atoms with Crippen molar-refractivity contribution < 1.29 is 28.7 Å². The summed E-state index contributed by atoms with van der Waals surface area (Å²) in [6.07, 6.45) is 7.66. The molecule has 4 amide bonds. The van der Waals surface area contributed by atoms with Crippen LogP contribution in [0.3, 0.4) is 0 Å². The topological polar surface area (TPSA) is 108 Å². The normalized spacial score (nSPS) is 34.1. The van der Waals surface area contributed by atoms with Crippen LogP contribution in [-0.4, -0.2) is 39.7 Å². The molecule has 4 fully saturated rings. The SMILES string of the molecule is C[C@@]12C(=O)N(c3ccccc3)C(=O)[C@@H]1C[C@@H]1C(=CC[C@@H]3C(=O)N(C4CCCCC4)C(=O)[C@@H]31)[C@@H]2c1ccc(CO)o1. The van der Waals surface area contributed by atoms with Gasteiger partial charge in [0, 0.05) is 6.04 Å². The van der Waals surface area contributed by atoms with E-state index in [4.69, 9.17) is 4.42 Å². The third-order valence-electron chi connectivity index (χ3n) is 10.4. The highest BCUT2D eigenvalue weighted by Gasteiger charge is 2.68. The Morgan fingerprint density at radius 1 is 0.925 bits per heavy atom. The summed E-state index contributed by atoms with van der Waals surface area (Å²) in [7, 11) is 0. The lowest BCUT2D eigenvalue weighted by Gasteiger charge is -2.48. The van der Waals surface area contributed by atoms with Crippen molar-refractivity contribution in [3.63, 3.8) is 0 Å². The number of fused-ring (bicyclic) bond motifs is 4. The lowest BCUT2D eigenvalue weighted by atomic mass is 9.52. The van der Waals surface area contributed by atoms with Gasteiger partial charge in [0.15, 0.2) is 0 Å². The molecule has 3 aliphatic carbocycles. The minimum absolute atomic E-state index is 0.0482. The molecular formula is C32H34N2O6. The molecule has 5 aliphatic rings. The van der Waals surface area contributed by atoms with Gasteiger partial charge in [-0.1, -0.05) is 49.1 Å². The molecule has 40 heavy (non-hydrogen) atoms. The highest BCUT2D eigenvalue weighted by Crippen LogP contribution is 2.63. The summed E-state index contributed by atoms with van der Waals surface area (Å²) in [6.45, 7) is 1.55. The summed E-state index contributed by atoms with van der Waals surface area (Å²) in [5.41, 5.74) is 0.288. The van der Waals surface area contributed by atoms with Crippen molar-refractivity contribution in [2.75, 3.05) is 4.90 Å². The van der Waals surface area contributed by atoms with Gasteiger partial charge in [-0.3, -0.25) is 24.1 Å². The van der Waals surface area contributed by atoms with Crippen LogP contribution in [0.25, 0.3) is 0 Å². The predicted octanol–water partition coefficient (Wildman–Crippen LogP) is 4.34. The van der Waals surface area contributed by atoms with Gasteiger partial charge in [0.1, 0.15) is 18.1 Å². The number of carbonyl (C=O) groups is 4. The minimum atomic E-state index is -1.14. The number of benzene rings is 1. The number of likely N-dealkylation sites (tertiary alicyclic amines) is 1. The first kappa shape index (κ1) is 25.4. The Hall–Kier alpha value is -3.52. The fourth-order valence-corrected chi connectivity index (χ4v) is 8.50. The molecule has 2 saturated carbocycles. The van der Waals surface area contributed by atoms with Crippen LogP contribution in [0.1, 0.15) is 69.3 Å². The third-order valence-corrected chi connectivity index (χ3v) is 10.4. The first-order valence-electron chi connectivity index (χ1n) is 14.6. The molecule has 3 heterocycles. The van der Waals surface area contributed by atoms with Gasteiger partial charge in [-0.05, 0) is 62.8 Å². The van der Waals surface area contributed by atoms with Crippen molar-refractivity contribution >= 4 is 29.3 Å². The van der Waals surface area contributed by atoms with Crippen molar-refractivity contribution in [1.29, 1.82) is 0 Å². The summed E-state index contributed by atoms with van der Waals surface area (Å²) >= 11 is 0. The zero-order chi connectivity index (χ0) is 27.8. The number of aliphatic hydroxyl groups is 1. The number of hydrogen-bond acceptors (Lipinski definition) is 6. The van der Waals surface area contributed by atoms with Crippen molar-refractivity contribution in [3.8, 4) is 0 Å². The molecule has 1 aromatic carbocycles. The molecule has 6 atom stereocenters. The van der Waals surface area contributed by atoms with E-state index < -0.39 is 29.1 Å². The van der Waals surface area contributed by atoms with Gasteiger partial charge in [0.2, 0.25) is 23.6 Å². The molecule has 0 bridgehead atoms. The van der Waals surface area contributed by atoms with Crippen LogP contribution in [0.15, 0.2) is 58.5 Å². The number of furan rings is 1. The molecule has 7 rings (SSSR count). The second kappa shape index (κ2) is 9.26. The molecular weight excluding hydrogens is 508 g/mol. The minimum Gasteiger partial charge on any atom is -0.463 e. The second-order valence-corrected chi connectivity index (χ2v) is 12.3. The molecule has 0 spiro atoms. The molecule has 0 radical (unpaired) electrons. The Kier molecular flexibility index (Phi) is 5.89. The summed E-state index contributed by atoms with van der Waals surface area (Å²) < 4.78 is 6.06. The van der Waals surface area contributed by atoms with Gasteiger partial charge in [0.05, 0.1) is 34.8 Å². The van der Waals surface area contributed by atoms with E-state index in [1.54, 1.807) is 41.3 Å². The van der Waals surface area contributed by atoms with E-state index in [0.29, 0.717) is 30.0 Å². The lowest BCUT2D eigenvalue weighted by Crippen LogP contribution is -2.49. The molecule has 8 heteroatoms. The van der Waals surface area contributed by atoms with Gasteiger partial charge >= 0.3 is 0 Å². The maximum atomic E-state index is 14.3. The summed E-state index contributed by atoms with van der Waals surface area (Å²) in [6, 6.07) is 12.4. The highest BCUT2D eigenvalue weighted by molar-refractivity contribution is 6.24. The first-order valence-corrected chi connectivity index (χ1v) is 14.6. The average molecular weight is 543 g/mol. The second-order valence-electron chi connectivity index (χ2n) is 12.3. The average Bonchev–Trinajstić information content (AvgIpc) is 3.60. The number of nitrogens with zero attached hydrogens (tertiary/aromatic N) is 2. The Labute approximate surface area is 233 Å². The van der Waals surface area contributed by atoms with E-state index in [1.807, 2.05) is 19.1 Å². The number of allylic oxidation sites excluding steroid dienone is 2. The number of rotatable bonds is 4. The van der Waals surface area contributed by atoms with Crippen molar-refractivity contribution in [2.45, 2.75) is 70.4 Å². The molecule has 2 saturated heterocycles. The van der Waals surface area contributed by atoms with Gasteiger partial charge in [0.25, 0.3) is 0 Å². The third kappa shape index (κ3) is 3.41. The summed E-state index contributed by atoms with van der Waals surface area (Å²) in [4.78, 5) is 58.9. The number of hydrogen-bond donors (Lipinski definition) is 1. The van der Waals surface area contributed by atoms with Gasteiger partial charge in [-0.2, -0.15) is 0 Å². The largest absolute Gasteiger partial charge is 0.463 e. The van der Waals surface area contributed by atoms with Crippen LogP contribution < -0.4 is 4.90 Å². The number of carbonyl (C=O) groups excluding carboxylic acids is 4. The van der Waals surface area contributed by atoms with Crippen LogP contribution >= 0.6 is 0 Å². The van der Waals surface area contributed by atoms with Crippen LogP contribution in [-0.2, 0) is 25.8 Å². The zero-order valence-corrected chi connectivity index (χ0v) is 22.6. The molecule has 2 aliphatic heterocycles. The molecule has 1 aromatic heterocycles. The number of para-hydroxylation sites is 1. The van der Waals surface area contributed by atoms with Crippen molar-refractivity contribution in [3.05, 3.63) is 65.6 Å². The van der Waals surface area contributed by atoms with E-state index in [-0.39, 0.29) is 42.2 Å². The van der Waals surface area contributed by atoms with E-state index in [1.165, 1.54) is 4.90 Å². The van der Waals surface area contributed by atoms with Crippen LogP contribution in [0.4, 0.5) is 5.69 Å². The van der Waals surface area contributed by atoms with E-state index >= 15 is 0 Å². The predicted molar refractivity (Wildman–Crippen MR) is 144 cm³/mol. The van der Waals surface area contributed by atoms with E-state index in [0.717, 1.165) is 37.7 Å². The fraction of sp³-hybridized carbons (Fsp3) is 0.500. The Morgan fingerprint density at radius 2 is 1.68 bits per heavy atom. The number of anilines is 1. The maximum Gasteiger partial charge on any atom is 0.241 e.